The van der Waals surface area contributed by atoms with Gasteiger partial charge in [0.15, 0.2) is 0 Å². The second-order valence-electron chi connectivity index (χ2n) is 6.33. The molecule has 27 heavy (non-hydrogen) atoms. The Morgan fingerprint density at radius 3 is 2.70 bits per heavy atom. The van der Waals surface area contributed by atoms with Crippen LogP contribution in [0.15, 0.2) is 42.5 Å². The molecule has 0 aromatic heterocycles. The molecule has 0 radical (unpaired) electrons. The lowest BCUT2D eigenvalue weighted by atomic mass is 10.1. The predicted octanol–water partition coefficient (Wildman–Crippen LogP) is 3.16. The van der Waals surface area contributed by atoms with Gasteiger partial charge in [0.05, 0.1) is 6.61 Å². The Bertz CT molecular complexity index is 888. The highest BCUT2D eigenvalue weighted by molar-refractivity contribution is 6.02. The molecule has 2 amide bonds. The number of hydrogen-bond acceptors (Lipinski definition) is 4. The van der Waals surface area contributed by atoms with Crippen LogP contribution in [-0.2, 0) is 11.2 Å². The number of carbonyl (C=O) groups is 2. The molecule has 140 valence electrons. The molecule has 2 aromatic rings. The van der Waals surface area contributed by atoms with Crippen molar-refractivity contribution in [1.29, 1.82) is 0 Å². The second-order valence-corrected chi connectivity index (χ2v) is 6.33. The monoisotopic (exact) mass is 366 g/mol. The van der Waals surface area contributed by atoms with E-state index >= 15 is 0 Å². The minimum atomic E-state index is -0.510. The van der Waals surface area contributed by atoms with E-state index in [9.17, 15) is 9.59 Å². The highest BCUT2D eigenvalue weighted by atomic mass is 16.5. The summed E-state index contributed by atoms with van der Waals surface area (Å²) in [5.41, 5.74) is 8.06. The SMILES string of the molecule is CCOc1cc2c(cc1/C=C/C(=O)Nc1ccc(C(N)=O)cc1)O[C@H](C)C2. The van der Waals surface area contributed by atoms with Crippen molar-refractivity contribution < 1.29 is 19.1 Å². The molecule has 0 saturated carbocycles. The smallest absolute Gasteiger partial charge is 0.248 e. The number of ether oxygens (including phenoxy) is 2. The summed E-state index contributed by atoms with van der Waals surface area (Å²) in [5.74, 6) is 0.750. The third-order valence-electron chi connectivity index (χ3n) is 4.18. The lowest BCUT2D eigenvalue weighted by Crippen LogP contribution is -2.11. The Hall–Kier alpha value is -3.28. The first-order valence-corrected chi connectivity index (χ1v) is 8.81. The van der Waals surface area contributed by atoms with Crippen molar-refractivity contribution in [1.82, 2.24) is 0 Å². The average Bonchev–Trinajstić information content (AvgIpc) is 2.99. The molecule has 2 aromatic carbocycles. The van der Waals surface area contributed by atoms with Crippen LogP contribution in [0.5, 0.6) is 11.5 Å². The molecular weight excluding hydrogens is 344 g/mol. The fourth-order valence-electron chi connectivity index (χ4n) is 2.93. The number of carbonyl (C=O) groups excluding carboxylic acids is 2. The van der Waals surface area contributed by atoms with E-state index in [-0.39, 0.29) is 12.0 Å². The molecule has 1 heterocycles. The van der Waals surface area contributed by atoms with Crippen molar-refractivity contribution in [3.63, 3.8) is 0 Å². The molecule has 0 bridgehead atoms. The molecule has 1 atom stereocenters. The normalized spacial score (nSPS) is 15.3. The summed E-state index contributed by atoms with van der Waals surface area (Å²) >= 11 is 0. The van der Waals surface area contributed by atoms with Crippen LogP contribution >= 0.6 is 0 Å². The summed E-state index contributed by atoms with van der Waals surface area (Å²) in [5, 5.41) is 2.74. The predicted molar refractivity (Wildman–Crippen MR) is 104 cm³/mol. The Morgan fingerprint density at radius 2 is 2.04 bits per heavy atom. The van der Waals surface area contributed by atoms with Crippen LogP contribution in [0.25, 0.3) is 6.08 Å². The number of nitrogens with one attached hydrogen (secondary N) is 1. The van der Waals surface area contributed by atoms with Crippen LogP contribution in [0.4, 0.5) is 5.69 Å². The first-order valence-electron chi connectivity index (χ1n) is 8.81. The average molecular weight is 366 g/mol. The molecule has 1 aliphatic rings. The van der Waals surface area contributed by atoms with Crippen molar-refractivity contribution >= 4 is 23.6 Å². The zero-order valence-electron chi connectivity index (χ0n) is 15.3. The quantitative estimate of drug-likeness (QED) is 0.769. The molecule has 3 N–H and O–H groups in total. The number of anilines is 1. The fraction of sp³-hybridized carbons (Fsp3) is 0.238. The maximum Gasteiger partial charge on any atom is 0.248 e. The number of rotatable bonds is 6. The van der Waals surface area contributed by atoms with E-state index in [1.165, 1.54) is 6.08 Å². The van der Waals surface area contributed by atoms with Gasteiger partial charge in [0.2, 0.25) is 11.8 Å². The van der Waals surface area contributed by atoms with Gasteiger partial charge >= 0.3 is 0 Å². The molecule has 1 aliphatic heterocycles. The van der Waals surface area contributed by atoms with Crippen LogP contribution in [0.2, 0.25) is 0 Å². The number of benzene rings is 2. The van der Waals surface area contributed by atoms with Gasteiger partial charge in [-0.3, -0.25) is 9.59 Å². The summed E-state index contributed by atoms with van der Waals surface area (Å²) in [6.07, 6.45) is 4.12. The summed E-state index contributed by atoms with van der Waals surface area (Å²) in [6, 6.07) is 10.3. The molecule has 0 spiro atoms. The molecule has 6 heteroatoms. The second kappa shape index (κ2) is 7.95. The molecule has 3 rings (SSSR count). The van der Waals surface area contributed by atoms with E-state index < -0.39 is 5.91 Å². The third kappa shape index (κ3) is 4.47. The van der Waals surface area contributed by atoms with E-state index in [2.05, 4.69) is 5.32 Å². The number of primary amides is 1. The summed E-state index contributed by atoms with van der Waals surface area (Å²) < 4.78 is 11.5. The minimum absolute atomic E-state index is 0.139. The van der Waals surface area contributed by atoms with Crippen LogP contribution in [0, 0.1) is 0 Å². The van der Waals surface area contributed by atoms with Crippen LogP contribution < -0.4 is 20.5 Å². The highest BCUT2D eigenvalue weighted by Crippen LogP contribution is 2.35. The topological polar surface area (TPSA) is 90.6 Å². The first kappa shape index (κ1) is 18.5. The summed E-state index contributed by atoms with van der Waals surface area (Å²) in [7, 11) is 0. The summed E-state index contributed by atoms with van der Waals surface area (Å²) in [6.45, 7) is 4.48. The van der Waals surface area contributed by atoms with Gasteiger partial charge in [-0.15, -0.1) is 0 Å². The standard InChI is InChI=1S/C21H22N2O4/c1-3-26-18-12-16-10-13(2)27-19(16)11-15(18)6-9-20(24)23-17-7-4-14(5-8-17)21(22)25/h4-9,11-13H,3,10H2,1-2H3,(H2,22,25)(H,23,24)/b9-6+/t13-/m1/s1. The maximum atomic E-state index is 12.2. The molecule has 0 aliphatic carbocycles. The third-order valence-corrected chi connectivity index (χ3v) is 4.18. The molecule has 6 nitrogen and oxygen atoms in total. The number of fused-ring (bicyclic) bond motifs is 1. The van der Waals surface area contributed by atoms with Crippen molar-refractivity contribution in [2.24, 2.45) is 5.73 Å². The molecule has 0 saturated heterocycles. The van der Waals surface area contributed by atoms with Gasteiger partial charge < -0.3 is 20.5 Å². The van der Waals surface area contributed by atoms with Crippen molar-refractivity contribution in [3.8, 4) is 11.5 Å². The van der Waals surface area contributed by atoms with Crippen molar-refractivity contribution in [2.45, 2.75) is 26.4 Å². The van der Waals surface area contributed by atoms with Gasteiger partial charge in [-0.2, -0.15) is 0 Å². The lowest BCUT2D eigenvalue weighted by molar-refractivity contribution is -0.111. The maximum absolute atomic E-state index is 12.2. The van der Waals surface area contributed by atoms with Crippen molar-refractivity contribution in [3.05, 3.63) is 59.2 Å². The molecule has 0 unspecified atom stereocenters. The van der Waals surface area contributed by atoms with Gasteiger partial charge in [-0.25, -0.2) is 0 Å². The Morgan fingerprint density at radius 1 is 1.30 bits per heavy atom. The first-order chi connectivity index (χ1) is 13.0. The molecule has 0 fully saturated rings. The van der Waals surface area contributed by atoms with Gasteiger partial charge in [0.1, 0.15) is 17.6 Å². The number of nitrogens with two attached hydrogens (primary N) is 1. The van der Waals surface area contributed by atoms with Gasteiger partial charge in [0, 0.05) is 34.9 Å². The van der Waals surface area contributed by atoms with E-state index in [1.54, 1.807) is 30.3 Å². The number of hydrogen-bond donors (Lipinski definition) is 2. The zero-order valence-corrected chi connectivity index (χ0v) is 15.3. The van der Waals surface area contributed by atoms with Crippen LogP contribution in [-0.4, -0.2) is 24.5 Å². The minimum Gasteiger partial charge on any atom is -0.493 e. The van der Waals surface area contributed by atoms with Gasteiger partial charge in [-0.1, -0.05) is 0 Å². The zero-order chi connectivity index (χ0) is 19.4. The largest absolute Gasteiger partial charge is 0.493 e. The lowest BCUT2D eigenvalue weighted by Gasteiger charge is -2.10. The van der Waals surface area contributed by atoms with E-state index in [1.807, 2.05) is 26.0 Å². The van der Waals surface area contributed by atoms with Crippen LogP contribution in [0.1, 0.15) is 35.3 Å². The van der Waals surface area contributed by atoms with E-state index in [0.717, 1.165) is 29.0 Å². The van der Waals surface area contributed by atoms with Gasteiger partial charge in [0.25, 0.3) is 0 Å². The van der Waals surface area contributed by atoms with E-state index in [0.29, 0.717) is 17.9 Å². The molecular formula is C21H22N2O4. The fourth-order valence-corrected chi connectivity index (χ4v) is 2.93. The van der Waals surface area contributed by atoms with Gasteiger partial charge in [-0.05, 0) is 56.3 Å². The summed E-state index contributed by atoms with van der Waals surface area (Å²) in [4.78, 5) is 23.3. The van der Waals surface area contributed by atoms with Crippen molar-refractivity contribution in [2.75, 3.05) is 11.9 Å². The van der Waals surface area contributed by atoms with E-state index in [4.69, 9.17) is 15.2 Å². The Labute approximate surface area is 158 Å². The number of amides is 2. The Balaban J connectivity index is 1.73. The van der Waals surface area contributed by atoms with Crippen LogP contribution in [0.3, 0.4) is 0 Å². The highest BCUT2D eigenvalue weighted by Gasteiger charge is 2.21. The Kier molecular flexibility index (Phi) is 5.45.